The van der Waals surface area contributed by atoms with Crippen LogP contribution in [-0.2, 0) is 14.8 Å². The molecule has 0 atom stereocenters. The van der Waals surface area contributed by atoms with Gasteiger partial charge < -0.3 is 4.90 Å². The number of anilines is 1. The molecule has 0 unspecified atom stereocenters. The van der Waals surface area contributed by atoms with Crippen molar-refractivity contribution >= 4 is 27.8 Å². The molecule has 0 bridgehead atoms. The molecule has 19 heavy (non-hydrogen) atoms. The summed E-state index contributed by atoms with van der Waals surface area (Å²) in [6.45, 7) is 2.42. The number of sulfonamides is 1. The molecule has 0 radical (unpaired) electrons. The zero-order valence-electron chi connectivity index (χ0n) is 10.7. The molecule has 1 aromatic carbocycles. The molecule has 5 nitrogen and oxygen atoms in total. The van der Waals surface area contributed by atoms with Crippen LogP contribution in [0.3, 0.4) is 0 Å². The highest BCUT2D eigenvalue weighted by Gasteiger charge is 2.24. The Morgan fingerprint density at radius 2 is 2.05 bits per heavy atom. The molecule has 1 aliphatic heterocycles. The zero-order valence-corrected chi connectivity index (χ0v) is 11.6. The van der Waals surface area contributed by atoms with Gasteiger partial charge in [0.25, 0.3) is 10.0 Å². The number of carbonyl (C=O) groups is 1. The Bertz CT molecular complexity index is 608. The van der Waals surface area contributed by atoms with Crippen molar-refractivity contribution in [1.29, 1.82) is 0 Å². The minimum Gasteiger partial charge on any atom is -0.331 e. The lowest BCUT2D eigenvalue weighted by molar-refractivity contribution is -0.118. The monoisotopic (exact) mass is 280 g/mol. The third-order valence-electron chi connectivity index (χ3n) is 3.03. The molecule has 0 saturated heterocycles. The number of Topliss-reactive ketones (excluding diaryl/α,β-unsaturated/α-hetero) is 1. The minimum absolute atomic E-state index is 0.217. The van der Waals surface area contributed by atoms with E-state index in [1.807, 2.05) is 6.92 Å². The summed E-state index contributed by atoms with van der Waals surface area (Å²) in [5, 5.41) is 0. The van der Waals surface area contributed by atoms with E-state index in [0.29, 0.717) is 31.5 Å². The average Bonchev–Trinajstić information content (AvgIpc) is 2.41. The van der Waals surface area contributed by atoms with Crippen LogP contribution >= 0.6 is 0 Å². The predicted molar refractivity (Wildman–Crippen MR) is 74.0 cm³/mol. The van der Waals surface area contributed by atoms with Crippen molar-refractivity contribution in [3.05, 3.63) is 24.3 Å². The smallest absolute Gasteiger partial charge is 0.285 e. The first-order valence-corrected chi connectivity index (χ1v) is 7.66. The van der Waals surface area contributed by atoms with Crippen LogP contribution in [0, 0.1) is 0 Å². The number of ketones is 1. The van der Waals surface area contributed by atoms with Crippen LogP contribution < -0.4 is 4.90 Å². The minimum atomic E-state index is -3.56. The Kier molecular flexibility index (Phi) is 3.99. The molecule has 0 N–H and O–H groups in total. The van der Waals surface area contributed by atoms with Gasteiger partial charge in [0.05, 0.1) is 5.69 Å². The lowest BCUT2D eigenvalue weighted by Gasteiger charge is -2.24. The van der Waals surface area contributed by atoms with Gasteiger partial charge >= 0.3 is 0 Å². The zero-order chi connectivity index (χ0) is 13.9. The normalized spacial score (nSPS) is 16.2. The van der Waals surface area contributed by atoms with Crippen molar-refractivity contribution in [1.82, 2.24) is 0 Å². The maximum atomic E-state index is 11.8. The second kappa shape index (κ2) is 5.52. The Morgan fingerprint density at radius 1 is 1.32 bits per heavy atom. The van der Waals surface area contributed by atoms with E-state index >= 15 is 0 Å². The maximum absolute atomic E-state index is 11.8. The summed E-state index contributed by atoms with van der Waals surface area (Å²) < 4.78 is 27.1. The summed E-state index contributed by atoms with van der Waals surface area (Å²) in [5.41, 5.74) is 0.626. The summed E-state index contributed by atoms with van der Waals surface area (Å²) in [4.78, 5) is 13.3. The van der Waals surface area contributed by atoms with Crippen molar-refractivity contribution in [2.45, 2.75) is 31.1 Å². The molecule has 6 heteroatoms. The fourth-order valence-electron chi connectivity index (χ4n) is 1.95. The molecule has 0 amide bonds. The molecular formula is C13H16N2O3S. The third-order valence-corrected chi connectivity index (χ3v) is 4.30. The second-order valence-corrected chi connectivity index (χ2v) is 5.95. The van der Waals surface area contributed by atoms with Crippen LogP contribution in [0.25, 0.3) is 0 Å². The highest BCUT2D eigenvalue weighted by molar-refractivity contribution is 7.90. The van der Waals surface area contributed by atoms with E-state index in [0.717, 1.165) is 0 Å². The van der Waals surface area contributed by atoms with Gasteiger partial charge in [-0.05, 0) is 18.6 Å². The van der Waals surface area contributed by atoms with Gasteiger partial charge in [-0.25, -0.2) is 0 Å². The van der Waals surface area contributed by atoms with Crippen LogP contribution in [0.15, 0.2) is 33.6 Å². The molecule has 2 rings (SSSR count). The van der Waals surface area contributed by atoms with Gasteiger partial charge in [-0.15, -0.1) is 4.40 Å². The Labute approximate surface area is 113 Å². The molecule has 0 fully saturated rings. The predicted octanol–water partition coefficient (Wildman–Crippen LogP) is 1.98. The number of carbonyl (C=O) groups excluding carboxylic acids is 1. The standard InChI is InChI=1S/C13H16N2O3S/c1-2-11(16)6-5-9-15-10-14-19(17,18)13-8-4-3-7-12(13)15/h3-4,7-8,10H,2,5-6,9H2,1H3. The Balaban J connectivity index is 2.14. The van der Waals surface area contributed by atoms with Crippen molar-refractivity contribution in [3.63, 3.8) is 0 Å². The number of para-hydroxylation sites is 1. The topological polar surface area (TPSA) is 66.8 Å². The fourth-order valence-corrected chi connectivity index (χ4v) is 3.00. The second-order valence-electron chi connectivity index (χ2n) is 4.35. The number of benzene rings is 1. The molecule has 0 spiro atoms. The van der Waals surface area contributed by atoms with E-state index in [1.54, 1.807) is 29.2 Å². The van der Waals surface area contributed by atoms with Gasteiger partial charge in [0, 0.05) is 19.4 Å². The first kappa shape index (κ1) is 13.7. The van der Waals surface area contributed by atoms with Crippen molar-refractivity contribution in [3.8, 4) is 0 Å². The molecule has 1 aromatic rings. The Morgan fingerprint density at radius 3 is 2.79 bits per heavy atom. The van der Waals surface area contributed by atoms with E-state index in [2.05, 4.69) is 4.40 Å². The summed E-state index contributed by atoms with van der Waals surface area (Å²) in [5.74, 6) is 0.217. The first-order chi connectivity index (χ1) is 9.04. The molecule has 0 aliphatic carbocycles. The molecule has 102 valence electrons. The third kappa shape index (κ3) is 3.01. The van der Waals surface area contributed by atoms with Gasteiger partial charge in [0.15, 0.2) is 0 Å². The summed E-state index contributed by atoms with van der Waals surface area (Å²) in [7, 11) is -3.56. The maximum Gasteiger partial charge on any atom is 0.285 e. The molecular weight excluding hydrogens is 264 g/mol. The molecule has 0 aromatic heterocycles. The van der Waals surface area contributed by atoms with Crippen LogP contribution in [0.4, 0.5) is 5.69 Å². The quantitative estimate of drug-likeness (QED) is 0.827. The van der Waals surface area contributed by atoms with Crippen LogP contribution in [0.2, 0.25) is 0 Å². The van der Waals surface area contributed by atoms with Crippen molar-refractivity contribution in [2.75, 3.05) is 11.4 Å². The van der Waals surface area contributed by atoms with Gasteiger partial charge in [-0.3, -0.25) is 4.79 Å². The van der Waals surface area contributed by atoms with E-state index < -0.39 is 10.0 Å². The summed E-state index contributed by atoms with van der Waals surface area (Å²) >= 11 is 0. The SMILES string of the molecule is CCC(=O)CCCN1C=NS(=O)(=O)c2ccccc21. The van der Waals surface area contributed by atoms with Gasteiger partial charge in [-0.2, -0.15) is 8.42 Å². The van der Waals surface area contributed by atoms with Crippen LogP contribution in [0.1, 0.15) is 26.2 Å². The van der Waals surface area contributed by atoms with Crippen molar-refractivity contribution < 1.29 is 13.2 Å². The first-order valence-electron chi connectivity index (χ1n) is 6.22. The summed E-state index contributed by atoms with van der Waals surface area (Å²) in [6, 6.07) is 6.76. The average molecular weight is 280 g/mol. The van der Waals surface area contributed by atoms with E-state index in [9.17, 15) is 13.2 Å². The highest BCUT2D eigenvalue weighted by Crippen LogP contribution is 2.29. The number of nitrogens with zero attached hydrogens (tertiary/aromatic N) is 2. The number of hydrogen-bond acceptors (Lipinski definition) is 4. The fraction of sp³-hybridized carbons (Fsp3) is 0.385. The van der Waals surface area contributed by atoms with E-state index in [-0.39, 0.29) is 10.7 Å². The van der Waals surface area contributed by atoms with Crippen LogP contribution in [0.5, 0.6) is 0 Å². The highest BCUT2D eigenvalue weighted by atomic mass is 32.2. The van der Waals surface area contributed by atoms with Crippen LogP contribution in [-0.4, -0.2) is 27.1 Å². The molecule has 1 heterocycles. The van der Waals surface area contributed by atoms with Gasteiger partial charge in [0.2, 0.25) is 0 Å². The number of rotatable bonds is 5. The molecule has 0 saturated carbocycles. The Hall–Kier alpha value is -1.69. The van der Waals surface area contributed by atoms with Gasteiger partial charge in [-0.1, -0.05) is 19.1 Å². The largest absolute Gasteiger partial charge is 0.331 e. The van der Waals surface area contributed by atoms with Crippen molar-refractivity contribution in [2.24, 2.45) is 4.40 Å². The number of fused-ring (bicyclic) bond motifs is 1. The van der Waals surface area contributed by atoms with Gasteiger partial charge in [0.1, 0.15) is 17.0 Å². The lowest BCUT2D eigenvalue weighted by Crippen LogP contribution is -2.28. The molecule has 1 aliphatic rings. The van der Waals surface area contributed by atoms with E-state index in [4.69, 9.17) is 0 Å². The number of hydrogen-bond donors (Lipinski definition) is 0. The summed E-state index contributed by atoms with van der Waals surface area (Å²) in [6.07, 6.45) is 3.07. The lowest BCUT2D eigenvalue weighted by atomic mass is 10.1. The van der Waals surface area contributed by atoms with E-state index in [1.165, 1.54) is 6.34 Å².